The predicted molar refractivity (Wildman–Crippen MR) is 69.2 cm³/mol. The molecule has 1 N–H and O–H groups in total. The standard InChI is InChI=1S/C14H20N2O2/c1-10(2)14-11(4-3-6-15-14)8-13(18)16-7-5-12(17)9-16/h3-4,6,10,12,17H,5,7-9H2,1-2H3. The van der Waals surface area contributed by atoms with E-state index in [9.17, 15) is 9.90 Å². The Balaban J connectivity index is 2.07. The molecular weight excluding hydrogens is 228 g/mol. The summed E-state index contributed by atoms with van der Waals surface area (Å²) in [5.74, 6) is 0.402. The second-order valence-corrected chi connectivity index (χ2v) is 5.16. The largest absolute Gasteiger partial charge is 0.391 e. The topological polar surface area (TPSA) is 53.4 Å². The first-order chi connectivity index (χ1) is 8.58. The summed E-state index contributed by atoms with van der Waals surface area (Å²) in [7, 11) is 0. The van der Waals surface area contributed by atoms with Crippen molar-refractivity contribution in [3.05, 3.63) is 29.6 Å². The molecule has 0 aliphatic carbocycles. The summed E-state index contributed by atoms with van der Waals surface area (Å²) < 4.78 is 0. The highest BCUT2D eigenvalue weighted by atomic mass is 16.3. The fraction of sp³-hybridized carbons (Fsp3) is 0.571. The number of amides is 1. The average molecular weight is 248 g/mol. The third kappa shape index (κ3) is 2.88. The molecule has 1 unspecified atom stereocenters. The molecule has 1 amide bonds. The van der Waals surface area contributed by atoms with Crippen molar-refractivity contribution >= 4 is 5.91 Å². The van der Waals surface area contributed by atoms with Crippen LogP contribution in [0.25, 0.3) is 0 Å². The Bertz CT molecular complexity index is 432. The van der Waals surface area contributed by atoms with E-state index in [1.807, 2.05) is 12.1 Å². The zero-order valence-electron chi connectivity index (χ0n) is 11.0. The van der Waals surface area contributed by atoms with Gasteiger partial charge in [0.15, 0.2) is 0 Å². The van der Waals surface area contributed by atoms with E-state index in [-0.39, 0.29) is 12.0 Å². The van der Waals surface area contributed by atoms with Gasteiger partial charge in [0, 0.05) is 25.0 Å². The lowest BCUT2D eigenvalue weighted by Gasteiger charge is -2.17. The lowest BCUT2D eigenvalue weighted by molar-refractivity contribution is -0.129. The fourth-order valence-electron chi connectivity index (χ4n) is 2.36. The molecule has 2 heterocycles. The Hall–Kier alpha value is -1.42. The van der Waals surface area contributed by atoms with Crippen LogP contribution in [0.1, 0.15) is 37.4 Å². The number of aliphatic hydroxyl groups is 1. The van der Waals surface area contributed by atoms with Gasteiger partial charge >= 0.3 is 0 Å². The molecule has 1 atom stereocenters. The van der Waals surface area contributed by atoms with Gasteiger partial charge in [-0.1, -0.05) is 19.9 Å². The highest BCUT2D eigenvalue weighted by Gasteiger charge is 2.25. The quantitative estimate of drug-likeness (QED) is 0.878. The monoisotopic (exact) mass is 248 g/mol. The van der Waals surface area contributed by atoms with Crippen LogP contribution in [0.2, 0.25) is 0 Å². The zero-order chi connectivity index (χ0) is 13.1. The molecular formula is C14H20N2O2. The number of aliphatic hydroxyl groups excluding tert-OH is 1. The van der Waals surface area contributed by atoms with Crippen LogP contribution in [0.15, 0.2) is 18.3 Å². The number of pyridine rings is 1. The normalized spacial score (nSPS) is 19.6. The molecule has 2 rings (SSSR count). The third-order valence-electron chi connectivity index (χ3n) is 3.33. The molecule has 1 aliphatic heterocycles. The molecule has 18 heavy (non-hydrogen) atoms. The van der Waals surface area contributed by atoms with E-state index in [1.54, 1.807) is 11.1 Å². The maximum Gasteiger partial charge on any atom is 0.227 e. The smallest absolute Gasteiger partial charge is 0.227 e. The van der Waals surface area contributed by atoms with Gasteiger partial charge in [-0.3, -0.25) is 9.78 Å². The van der Waals surface area contributed by atoms with Gasteiger partial charge in [0.05, 0.1) is 12.5 Å². The van der Waals surface area contributed by atoms with E-state index >= 15 is 0 Å². The van der Waals surface area contributed by atoms with Crippen LogP contribution < -0.4 is 0 Å². The fourth-order valence-corrected chi connectivity index (χ4v) is 2.36. The van der Waals surface area contributed by atoms with E-state index in [2.05, 4.69) is 18.8 Å². The van der Waals surface area contributed by atoms with E-state index in [4.69, 9.17) is 0 Å². The predicted octanol–water partition coefficient (Wildman–Crippen LogP) is 1.34. The second-order valence-electron chi connectivity index (χ2n) is 5.16. The molecule has 0 radical (unpaired) electrons. The maximum absolute atomic E-state index is 12.1. The second kappa shape index (κ2) is 5.48. The minimum absolute atomic E-state index is 0.0847. The molecule has 4 nitrogen and oxygen atoms in total. The zero-order valence-corrected chi connectivity index (χ0v) is 11.0. The summed E-state index contributed by atoms with van der Waals surface area (Å²) in [5.41, 5.74) is 1.99. The van der Waals surface area contributed by atoms with Crippen molar-refractivity contribution in [3.63, 3.8) is 0 Å². The molecule has 0 aromatic carbocycles. The number of β-amino-alcohol motifs (C(OH)–C–C–N with tert-alkyl or cyclic N) is 1. The van der Waals surface area contributed by atoms with E-state index in [0.29, 0.717) is 31.8 Å². The number of aromatic nitrogens is 1. The van der Waals surface area contributed by atoms with Gasteiger partial charge in [-0.05, 0) is 24.0 Å². The number of likely N-dealkylation sites (tertiary alicyclic amines) is 1. The van der Waals surface area contributed by atoms with Crippen molar-refractivity contribution in [2.45, 2.75) is 38.7 Å². The van der Waals surface area contributed by atoms with Crippen LogP contribution in [-0.2, 0) is 11.2 Å². The van der Waals surface area contributed by atoms with E-state index < -0.39 is 0 Å². The summed E-state index contributed by atoms with van der Waals surface area (Å²) in [4.78, 5) is 18.2. The molecule has 98 valence electrons. The van der Waals surface area contributed by atoms with Crippen LogP contribution in [0.3, 0.4) is 0 Å². The summed E-state index contributed by atoms with van der Waals surface area (Å²) >= 11 is 0. The van der Waals surface area contributed by atoms with Crippen LogP contribution in [-0.4, -0.2) is 40.1 Å². The number of hydrogen-bond donors (Lipinski definition) is 1. The molecule has 0 spiro atoms. The van der Waals surface area contributed by atoms with Crippen molar-refractivity contribution in [3.8, 4) is 0 Å². The Labute approximate surface area is 108 Å². The molecule has 1 fully saturated rings. The third-order valence-corrected chi connectivity index (χ3v) is 3.33. The van der Waals surface area contributed by atoms with Crippen molar-refractivity contribution in [1.82, 2.24) is 9.88 Å². The Kier molecular flexibility index (Phi) is 3.97. The summed E-state index contributed by atoms with van der Waals surface area (Å²) in [5, 5.41) is 9.45. The van der Waals surface area contributed by atoms with Gasteiger partial charge in [-0.2, -0.15) is 0 Å². The maximum atomic E-state index is 12.1. The first-order valence-corrected chi connectivity index (χ1v) is 6.47. The first-order valence-electron chi connectivity index (χ1n) is 6.47. The van der Waals surface area contributed by atoms with E-state index in [0.717, 1.165) is 11.3 Å². The molecule has 1 saturated heterocycles. The van der Waals surface area contributed by atoms with Gasteiger partial charge in [0.25, 0.3) is 0 Å². The summed E-state index contributed by atoms with van der Waals surface area (Å²) in [6, 6.07) is 3.83. The molecule has 0 bridgehead atoms. The van der Waals surface area contributed by atoms with Gasteiger partial charge in [0.1, 0.15) is 0 Å². The SMILES string of the molecule is CC(C)c1ncccc1CC(=O)N1CCC(O)C1. The summed E-state index contributed by atoms with van der Waals surface area (Å²) in [6.07, 6.45) is 2.49. The Morgan fingerprint density at radius 2 is 2.39 bits per heavy atom. The van der Waals surface area contributed by atoms with Gasteiger partial charge in [-0.15, -0.1) is 0 Å². The first kappa shape index (κ1) is 13.0. The molecule has 4 heteroatoms. The van der Waals surface area contributed by atoms with E-state index in [1.165, 1.54) is 0 Å². The molecule has 1 aromatic heterocycles. The number of carbonyl (C=O) groups excluding carboxylic acids is 1. The van der Waals surface area contributed by atoms with Gasteiger partial charge < -0.3 is 10.0 Å². The average Bonchev–Trinajstić information content (AvgIpc) is 2.76. The van der Waals surface area contributed by atoms with Crippen molar-refractivity contribution in [2.24, 2.45) is 0 Å². The Morgan fingerprint density at radius 1 is 1.61 bits per heavy atom. The minimum Gasteiger partial charge on any atom is -0.391 e. The van der Waals surface area contributed by atoms with Crippen LogP contribution in [0, 0.1) is 0 Å². The van der Waals surface area contributed by atoms with Gasteiger partial charge in [0.2, 0.25) is 5.91 Å². The van der Waals surface area contributed by atoms with Crippen LogP contribution >= 0.6 is 0 Å². The number of hydrogen-bond acceptors (Lipinski definition) is 3. The molecule has 1 aliphatic rings. The Morgan fingerprint density at radius 3 is 3.00 bits per heavy atom. The van der Waals surface area contributed by atoms with Crippen LogP contribution in [0.4, 0.5) is 0 Å². The number of carbonyl (C=O) groups is 1. The van der Waals surface area contributed by atoms with Crippen molar-refractivity contribution in [1.29, 1.82) is 0 Å². The van der Waals surface area contributed by atoms with Crippen molar-refractivity contribution < 1.29 is 9.90 Å². The number of rotatable bonds is 3. The van der Waals surface area contributed by atoms with Crippen molar-refractivity contribution in [2.75, 3.05) is 13.1 Å². The van der Waals surface area contributed by atoms with Gasteiger partial charge in [-0.25, -0.2) is 0 Å². The molecule has 1 aromatic rings. The highest BCUT2D eigenvalue weighted by Crippen LogP contribution is 2.18. The van der Waals surface area contributed by atoms with Crippen LogP contribution in [0.5, 0.6) is 0 Å². The summed E-state index contributed by atoms with van der Waals surface area (Å²) in [6.45, 7) is 5.29. The highest BCUT2D eigenvalue weighted by molar-refractivity contribution is 5.79. The lowest BCUT2D eigenvalue weighted by atomic mass is 10.0. The lowest BCUT2D eigenvalue weighted by Crippen LogP contribution is -2.31. The number of nitrogens with zero attached hydrogens (tertiary/aromatic N) is 2. The minimum atomic E-state index is -0.354. The molecule has 0 saturated carbocycles.